The molecule has 0 aliphatic heterocycles. The fourth-order valence-corrected chi connectivity index (χ4v) is 5.83. The number of primary amides is 1. The maximum absolute atomic E-state index is 13.6. The number of phenols is 1. The van der Waals surface area contributed by atoms with Gasteiger partial charge in [-0.3, -0.25) is 14.4 Å². The molecular weight excluding hydrogens is 438 g/mol. The average molecular weight is 461 g/mol. The van der Waals surface area contributed by atoms with Gasteiger partial charge in [-0.25, -0.2) is 0 Å². The van der Waals surface area contributed by atoms with Crippen LogP contribution in [0.25, 0.3) is 16.9 Å². The van der Waals surface area contributed by atoms with E-state index in [4.69, 9.17) is 5.73 Å². The second kappa shape index (κ2) is 7.30. The van der Waals surface area contributed by atoms with Crippen LogP contribution < -0.4 is 5.73 Å². The molecule has 2 aromatic carbocycles. The van der Waals surface area contributed by atoms with Crippen molar-refractivity contribution in [1.82, 2.24) is 0 Å². The molecule has 1 fully saturated rings. The highest BCUT2D eigenvalue weighted by Crippen LogP contribution is 2.54. The third-order valence-corrected chi connectivity index (χ3v) is 7.50. The molecule has 1 amide bonds. The van der Waals surface area contributed by atoms with E-state index < -0.39 is 57.9 Å². The van der Waals surface area contributed by atoms with E-state index in [1.165, 1.54) is 13.0 Å². The molecule has 8 nitrogen and oxygen atoms in total. The minimum absolute atomic E-state index is 0.0848. The van der Waals surface area contributed by atoms with E-state index in [9.17, 15) is 34.8 Å². The lowest BCUT2D eigenvalue weighted by molar-refractivity contribution is -0.152. The van der Waals surface area contributed by atoms with Crippen LogP contribution in [0.3, 0.4) is 0 Å². The van der Waals surface area contributed by atoms with Crippen molar-refractivity contribution in [2.24, 2.45) is 23.5 Å². The van der Waals surface area contributed by atoms with Crippen LogP contribution in [0.5, 0.6) is 5.75 Å². The Morgan fingerprint density at radius 1 is 1.06 bits per heavy atom. The number of nitrogens with two attached hydrogens (primary N) is 1. The lowest BCUT2D eigenvalue weighted by Gasteiger charge is -2.48. The number of benzene rings is 2. The number of phenolic OH excluding ortho intramolecular Hbond substituents is 1. The van der Waals surface area contributed by atoms with Crippen molar-refractivity contribution in [2.75, 3.05) is 0 Å². The zero-order valence-corrected chi connectivity index (χ0v) is 18.3. The molecule has 0 bridgehead atoms. The number of rotatable bonds is 2. The smallest absolute Gasteiger partial charge is 0.255 e. The predicted molar refractivity (Wildman–Crippen MR) is 121 cm³/mol. The highest BCUT2D eigenvalue weighted by atomic mass is 16.3. The lowest BCUT2D eigenvalue weighted by Crippen LogP contribution is -2.61. The van der Waals surface area contributed by atoms with Gasteiger partial charge in [-0.15, -0.1) is 0 Å². The summed E-state index contributed by atoms with van der Waals surface area (Å²) >= 11 is 0. The van der Waals surface area contributed by atoms with E-state index in [0.717, 1.165) is 11.1 Å². The van der Waals surface area contributed by atoms with Crippen molar-refractivity contribution in [3.8, 4) is 16.9 Å². The second-order valence-electron chi connectivity index (χ2n) is 9.19. The van der Waals surface area contributed by atoms with Crippen LogP contribution in [-0.4, -0.2) is 43.5 Å². The van der Waals surface area contributed by atoms with Crippen molar-refractivity contribution in [1.29, 1.82) is 0 Å². The number of aliphatic hydroxyl groups excluding tert-OH is 2. The van der Waals surface area contributed by atoms with Crippen molar-refractivity contribution in [3.63, 3.8) is 0 Å². The van der Waals surface area contributed by atoms with Gasteiger partial charge in [-0.05, 0) is 41.5 Å². The molecule has 4 atom stereocenters. The van der Waals surface area contributed by atoms with E-state index in [0.29, 0.717) is 5.56 Å². The Kier molecular flexibility index (Phi) is 4.70. The molecule has 174 valence electrons. The maximum Gasteiger partial charge on any atom is 0.255 e. The van der Waals surface area contributed by atoms with Crippen LogP contribution in [0.15, 0.2) is 59.4 Å². The molecule has 8 heteroatoms. The van der Waals surface area contributed by atoms with Gasteiger partial charge >= 0.3 is 0 Å². The van der Waals surface area contributed by atoms with Gasteiger partial charge in [0.15, 0.2) is 11.4 Å². The summed E-state index contributed by atoms with van der Waals surface area (Å²) in [6.45, 7) is 1.48. The molecule has 0 aromatic heterocycles. The molecule has 0 heterocycles. The Morgan fingerprint density at radius 2 is 1.74 bits per heavy atom. The van der Waals surface area contributed by atoms with E-state index >= 15 is 0 Å². The Bertz CT molecular complexity index is 1340. The normalized spacial score (nSPS) is 28.4. The zero-order valence-electron chi connectivity index (χ0n) is 18.3. The van der Waals surface area contributed by atoms with Gasteiger partial charge in [0.05, 0.1) is 5.56 Å². The molecule has 6 N–H and O–H groups in total. The fraction of sp³-hybridized carbons (Fsp3) is 0.269. The number of hydrogen-bond acceptors (Lipinski definition) is 7. The van der Waals surface area contributed by atoms with Gasteiger partial charge in [0.25, 0.3) is 5.91 Å². The molecule has 34 heavy (non-hydrogen) atoms. The quantitative estimate of drug-likeness (QED) is 0.429. The number of carbonyl (C=O) groups is 3. The predicted octanol–water partition coefficient (Wildman–Crippen LogP) is 2.34. The number of ketones is 2. The lowest BCUT2D eigenvalue weighted by atomic mass is 9.56. The molecule has 3 aliphatic carbocycles. The Balaban J connectivity index is 1.74. The molecule has 1 saturated carbocycles. The van der Waals surface area contributed by atoms with Crippen molar-refractivity contribution >= 4 is 23.2 Å². The summed E-state index contributed by atoms with van der Waals surface area (Å²) in [5.74, 6) is -7.33. The molecule has 0 spiro atoms. The van der Waals surface area contributed by atoms with Crippen LogP contribution in [0.2, 0.25) is 0 Å². The molecule has 0 saturated heterocycles. The Labute approximate surface area is 194 Å². The summed E-state index contributed by atoms with van der Waals surface area (Å²) in [7, 11) is 0. The van der Waals surface area contributed by atoms with E-state index in [1.807, 2.05) is 30.3 Å². The third-order valence-electron chi connectivity index (χ3n) is 7.50. The molecule has 0 radical (unpaired) electrons. The van der Waals surface area contributed by atoms with E-state index in [1.54, 1.807) is 6.07 Å². The van der Waals surface area contributed by atoms with Crippen molar-refractivity contribution in [3.05, 3.63) is 70.5 Å². The van der Waals surface area contributed by atoms with Gasteiger partial charge in [0, 0.05) is 17.4 Å². The van der Waals surface area contributed by atoms with Crippen molar-refractivity contribution in [2.45, 2.75) is 25.4 Å². The average Bonchev–Trinajstić information content (AvgIpc) is 2.80. The van der Waals surface area contributed by atoms with Crippen molar-refractivity contribution < 1.29 is 34.8 Å². The Hall–Kier alpha value is -3.91. The maximum atomic E-state index is 13.6. The zero-order chi connectivity index (χ0) is 24.5. The van der Waals surface area contributed by atoms with Gasteiger partial charge in [-0.2, -0.15) is 0 Å². The number of fused-ring (bicyclic) bond motifs is 3. The number of Topliss-reactive ketones (excluding diaryl/α,β-unsaturated/α-hetero) is 2. The molecular formula is C26H23NO7. The summed E-state index contributed by atoms with van der Waals surface area (Å²) < 4.78 is 0. The highest BCUT2D eigenvalue weighted by molar-refractivity contribution is 6.23. The molecule has 3 aliphatic rings. The van der Waals surface area contributed by atoms with E-state index in [2.05, 4.69) is 0 Å². The first kappa shape index (κ1) is 21.9. The summed E-state index contributed by atoms with van der Waals surface area (Å²) in [6.07, 6.45) is 0.355. The van der Waals surface area contributed by atoms with Gasteiger partial charge in [-0.1, -0.05) is 43.3 Å². The highest BCUT2D eigenvalue weighted by Gasteiger charge is 2.62. The fourth-order valence-electron chi connectivity index (χ4n) is 5.83. The summed E-state index contributed by atoms with van der Waals surface area (Å²) in [5.41, 5.74) is 4.09. The summed E-state index contributed by atoms with van der Waals surface area (Å²) in [5, 5.41) is 43.9. The minimum Gasteiger partial charge on any atom is -0.508 e. The van der Waals surface area contributed by atoms with Crippen LogP contribution in [0.4, 0.5) is 0 Å². The van der Waals surface area contributed by atoms with Crippen LogP contribution >= 0.6 is 0 Å². The van der Waals surface area contributed by atoms with E-state index in [-0.39, 0.29) is 29.7 Å². The first-order valence-electron chi connectivity index (χ1n) is 11.0. The SMILES string of the molecule is C[C@@H]1C(=O)C(C(N)=O)=C(O)[C@@]2(O)C(=O)C3=C(O)c4c(O)ccc(-c5ccccc5)c4CC3CC12. The number of amides is 1. The molecule has 2 unspecified atom stereocenters. The molecule has 5 rings (SSSR count). The number of aliphatic hydroxyl groups is 3. The summed E-state index contributed by atoms with van der Waals surface area (Å²) in [4.78, 5) is 38.2. The number of hydrogen-bond donors (Lipinski definition) is 5. The monoisotopic (exact) mass is 461 g/mol. The first-order chi connectivity index (χ1) is 16.1. The van der Waals surface area contributed by atoms with Crippen LogP contribution in [-0.2, 0) is 20.8 Å². The van der Waals surface area contributed by atoms with Gasteiger partial charge in [0.1, 0.15) is 22.8 Å². The second-order valence-corrected chi connectivity index (χ2v) is 9.19. The Morgan fingerprint density at radius 3 is 2.38 bits per heavy atom. The largest absolute Gasteiger partial charge is 0.508 e. The van der Waals surface area contributed by atoms with Crippen LogP contribution in [0.1, 0.15) is 24.5 Å². The minimum atomic E-state index is -2.58. The molecule has 2 aromatic rings. The topological polar surface area (TPSA) is 158 Å². The third kappa shape index (κ3) is 2.72. The van der Waals surface area contributed by atoms with Gasteiger partial charge in [0.2, 0.25) is 5.78 Å². The standard InChI is InChI=1S/C26H23NO7/c1-11-16-10-13-9-15-14(12-5-3-2-4-6-12)7-8-17(28)19(15)22(30)18(13)23(31)26(16,34)24(32)20(21(11)29)25(27)33/h2-8,11,13,16,28,30,32,34H,9-10H2,1H3,(H2,27,33)/t11-,13?,16?,26-/m0/s1. The number of carbonyl (C=O) groups excluding carboxylic acids is 3. The van der Waals surface area contributed by atoms with Crippen LogP contribution in [0, 0.1) is 17.8 Å². The first-order valence-corrected chi connectivity index (χ1v) is 11.0. The van der Waals surface area contributed by atoms with Gasteiger partial charge < -0.3 is 26.2 Å². The number of aromatic hydroxyl groups is 1. The summed E-state index contributed by atoms with van der Waals surface area (Å²) in [6, 6.07) is 12.5.